The normalized spacial score (nSPS) is 10.2. The highest BCUT2D eigenvalue weighted by molar-refractivity contribution is 6.06. The van der Waals surface area contributed by atoms with Gasteiger partial charge in [-0.05, 0) is 71.8 Å². The summed E-state index contributed by atoms with van der Waals surface area (Å²) >= 11 is 0. The number of anilines is 2. The number of carbonyl (C=O) groups excluding carboxylic acids is 2. The molecule has 0 heterocycles. The lowest BCUT2D eigenvalue weighted by Crippen LogP contribution is -2.12. The maximum atomic E-state index is 12.6. The van der Waals surface area contributed by atoms with Crippen molar-refractivity contribution in [3.05, 3.63) is 107 Å². The number of nitrogens with one attached hydrogen (secondary N) is 2. The van der Waals surface area contributed by atoms with Crippen LogP contribution in [0.3, 0.4) is 0 Å². The number of carbonyl (C=O) groups is 4. The lowest BCUT2D eigenvalue weighted by atomic mass is 10.0. The van der Waals surface area contributed by atoms with Crippen LogP contribution in [0.2, 0.25) is 0 Å². The third-order valence-corrected chi connectivity index (χ3v) is 5.60. The molecule has 0 aliphatic carbocycles. The Hall–Kier alpha value is -5.64. The van der Waals surface area contributed by atoms with Gasteiger partial charge >= 0.3 is 11.9 Å². The molecule has 198 valence electrons. The molecule has 0 saturated heterocycles. The highest BCUT2D eigenvalue weighted by Crippen LogP contribution is 2.25. The second kappa shape index (κ2) is 11.6. The van der Waals surface area contributed by atoms with E-state index < -0.39 is 35.3 Å². The van der Waals surface area contributed by atoms with Crippen LogP contribution >= 0.6 is 0 Å². The molecule has 4 aromatic carbocycles. The zero-order valence-corrected chi connectivity index (χ0v) is 19.5. The number of carboxylic acid groups (broad SMARTS) is 2. The molecule has 6 N–H and O–H groups in total. The van der Waals surface area contributed by atoms with E-state index in [0.717, 1.165) is 23.3 Å². The number of aromatic carboxylic acids is 2. The van der Waals surface area contributed by atoms with E-state index in [-0.39, 0.29) is 29.9 Å². The molecule has 0 aromatic heterocycles. The Bertz CT molecular complexity index is 1440. The Kier molecular flexibility index (Phi) is 8.32. The molecule has 10 nitrogen and oxygen atoms in total. The predicted molar refractivity (Wildman–Crippen MR) is 145 cm³/mol. The van der Waals surface area contributed by atoms with E-state index in [1.807, 2.05) is 0 Å². The summed E-state index contributed by atoms with van der Waals surface area (Å²) in [5, 5.41) is 42.6. The van der Waals surface area contributed by atoms with E-state index in [1.165, 1.54) is 24.3 Å². The van der Waals surface area contributed by atoms with Crippen LogP contribution < -0.4 is 10.6 Å². The van der Waals surface area contributed by atoms with Gasteiger partial charge in [0.1, 0.15) is 22.6 Å². The summed E-state index contributed by atoms with van der Waals surface area (Å²) in [6.07, 6.45) is 0. The van der Waals surface area contributed by atoms with E-state index in [2.05, 4.69) is 10.6 Å². The number of hydrogen-bond acceptors (Lipinski definition) is 6. The fourth-order valence-corrected chi connectivity index (χ4v) is 3.60. The molecular weight excluding hydrogens is 504 g/mol. The molecule has 0 unspecified atom stereocenters. The first kappa shape index (κ1) is 27.9. The van der Waals surface area contributed by atoms with Gasteiger partial charge in [-0.2, -0.15) is 0 Å². The predicted octanol–water partition coefficient (Wildman–Crippen LogP) is 5.30. The van der Waals surface area contributed by atoms with Crippen molar-refractivity contribution in [2.75, 3.05) is 10.6 Å². The smallest absolute Gasteiger partial charge is 0.339 e. The number of benzene rings is 4. The molecule has 0 bridgehead atoms. The Labute approximate surface area is 222 Å². The van der Waals surface area contributed by atoms with Gasteiger partial charge in [0, 0.05) is 22.5 Å². The van der Waals surface area contributed by atoms with Gasteiger partial charge in [0.2, 0.25) is 0 Å². The Morgan fingerprint density at radius 2 is 0.846 bits per heavy atom. The fraction of sp³-hybridized carbons (Fsp3) is 0.0345. The molecule has 2 amide bonds. The van der Waals surface area contributed by atoms with Crippen molar-refractivity contribution in [3.63, 3.8) is 0 Å². The van der Waals surface area contributed by atoms with E-state index in [4.69, 9.17) is 10.2 Å². The topological polar surface area (TPSA) is 173 Å². The van der Waals surface area contributed by atoms with Gasteiger partial charge in [-0.15, -0.1) is 0 Å². The van der Waals surface area contributed by atoms with Gasteiger partial charge in [-0.3, -0.25) is 9.59 Å². The standard InChI is InChI=1S/C28H20N2O8.CH4/c31-23-11-9-19(13-21(23)27(35)36)29-25(33)17-5-1-15(2-6-17)16-3-7-18(8-4-16)26(34)30-20-10-12-24(32)22(14-20)28(37)38;/h1-14,31-32H,(H,29,33)(H,30,34)(H,35,36)(H,37,38);1H4. The number of aromatic hydroxyl groups is 2. The van der Waals surface area contributed by atoms with Crippen LogP contribution in [0.4, 0.5) is 11.4 Å². The van der Waals surface area contributed by atoms with E-state index in [1.54, 1.807) is 48.5 Å². The fourth-order valence-electron chi connectivity index (χ4n) is 3.60. The number of rotatable bonds is 7. The van der Waals surface area contributed by atoms with Crippen LogP contribution in [0.5, 0.6) is 11.5 Å². The van der Waals surface area contributed by atoms with Crippen molar-refractivity contribution >= 4 is 35.1 Å². The molecular formula is C29H24N2O8. The van der Waals surface area contributed by atoms with Crippen LogP contribution in [0.25, 0.3) is 11.1 Å². The van der Waals surface area contributed by atoms with Gasteiger partial charge in [-0.1, -0.05) is 31.7 Å². The van der Waals surface area contributed by atoms with Crippen LogP contribution in [-0.4, -0.2) is 44.2 Å². The van der Waals surface area contributed by atoms with Crippen LogP contribution in [-0.2, 0) is 0 Å². The summed E-state index contributed by atoms with van der Waals surface area (Å²) in [4.78, 5) is 47.5. The van der Waals surface area contributed by atoms with Crippen molar-refractivity contribution in [1.82, 2.24) is 0 Å². The van der Waals surface area contributed by atoms with E-state index >= 15 is 0 Å². The quantitative estimate of drug-likeness (QED) is 0.175. The van der Waals surface area contributed by atoms with Crippen LogP contribution in [0, 0.1) is 0 Å². The van der Waals surface area contributed by atoms with Gasteiger partial charge in [0.25, 0.3) is 11.8 Å². The summed E-state index contributed by atoms with van der Waals surface area (Å²) in [6.45, 7) is 0. The molecule has 0 saturated carbocycles. The lowest BCUT2D eigenvalue weighted by Gasteiger charge is -2.09. The Balaban J connectivity index is 0.00000420. The summed E-state index contributed by atoms with van der Waals surface area (Å²) in [7, 11) is 0. The van der Waals surface area contributed by atoms with Crippen molar-refractivity contribution in [1.29, 1.82) is 0 Å². The van der Waals surface area contributed by atoms with E-state index in [9.17, 15) is 29.4 Å². The largest absolute Gasteiger partial charge is 0.507 e. The first-order valence-corrected chi connectivity index (χ1v) is 11.1. The number of hydrogen-bond donors (Lipinski definition) is 6. The SMILES string of the molecule is C.O=C(Nc1ccc(O)c(C(=O)O)c1)c1ccc(-c2ccc(C(=O)Nc3ccc(O)c(C(=O)O)c3)cc2)cc1. The molecule has 0 aliphatic heterocycles. The minimum atomic E-state index is -1.32. The number of amides is 2. The molecule has 0 spiro atoms. The summed E-state index contributed by atoms with van der Waals surface area (Å²) in [6, 6.07) is 20.7. The van der Waals surface area contributed by atoms with Crippen molar-refractivity contribution < 1.29 is 39.6 Å². The third kappa shape index (κ3) is 6.38. The van der Waals surface area contributed by atoms with E-state index in [0.29, 0.717) is 11.1 Å². The first-order chi connectivity index (χ1) is 18.1. The maximum Gasteiger partial charge on any atom is 0.339 e. The molecule has 39 heavy (non-hydrogen) atoms. The zero-order valence-electron chi connectivity index (χ0n) is 19.5. The van der Waals surface area contributed by atoms with Gasteiger partial charge in [0.05, 0.1) is 0 Å². The zero-order chi connectivity index (χ0) is 27.4. The average Bonchev–Trinajstić information content (AvgIpc) is 2.90. The number of phenols is 2. The molecule has 0 fully saturated rings. The van der Waals surface area contributed by atoms with Gasteiger partial charge in [-0.25, -0.2) is 9.59 Å². The second-order valence-corrected chi connectivity index (χ2v) is 8.14. The summed E-state index contributed by atoms with van der Waals surface area (Å²) < 4.78 is 0. The Morgan fingerprint density at radius 1 is 0.513 bits per heavy atom. The first-order valence-electron chi connectivity index (χ1n) is 11.1. The molecule has 0 atom stereocenters. The molecule has 0 aliphatic rings. The monoisotopic (exact) mass is 528 g/mol. The average molecular weight is 529 g/mol. The number of carboxylic acids is 2. The van der Waals surface area contributed by atoms with Crippen molar-refractivity contribution in [3.8, 4) is 22.6 Å². The van der Waals surface area contributed by atoms with Crippen molar-refractivity contribution in [2.24, 2.45) is 0 Å². The minimum absolute atomic E-state index is 0. The molecule has 4 aromatic rings. The molecule has 10 heteroatoms. The van der Waals surface area contributed by atoms with Crippen LogP contribution in [0.15, 0.2) is 84.9 Å². The highest BCUT2D eigenvalue weighted by atomic mass is 16.4. The summed E-state index contributed by atoms with van der Waals surface area (Å²) in [5.41, 5.74) is 1.97. The highest BCUT2D eigenvalue weighted by Gasteiger charge is 2.14. The van der Waals surface area contributed by atoms with Crippen molar-refractivity contribution in [2.45, 2.75) is 7.43 Å². The summed E-state index contributed by atoms with van der Waals surface area (Å²) in [5.74, 6) is -4.39. The molecule has 4 rings (SSSR count). The Morgan fingerprint density at radius 3 is 1.15 bits per heavy atom. The van der Waals surface area contributed by atoms with Gasteiger partial charge < -0.3 is 31.1 Å². The van der Waals surface area contributed by atoms with Gasteiger partial charge in [0.15, 0.2) is 0 Å². The minimum Gasteiger partial charge on any atom is -0.507 e. The second-order valence-electron chi connectivity index (χ2n) is 8.14. The van der Waals surface area contributed by atoms with Crippen LogP contribution in [0.1, 0.15) is 48.9 Å². The molecule has 0 radical (unpaired) electrons. The maximum absolute atomic E-state index is 12.6. The third-order valence-electron chi connectivity index (χ3n) is 5.60. The lowest BCUT2D eigenvalue weighted by molar-refractivity contribution is 0.0682.